The van der Waals surface area contributed by atoms with Crippen LogP contribution in [0.5, 0.6) is 0 Å². The zero-order valence-electron chi connectivity index (χ0n) is 18.7. The first-order valence-electron chi connectivity index (χ1n) is 11.3. The lowest BCUT2D eigenvalue weighted by Crippen LogP contribution is -2.35. The Kier molecular flexibility index (Phi) is 6.25. The van der Waals surface area contributed by atoms with Crippen LogP contribution in [0.1, 0.15) is 49.0 Å². The topological polar surface area (TPSA) is 64.0 Å². The summed E-state index contributed by atoms with van der Waals surface area (Å²) in [5.41, 5.74) is -3.49. The second-order valence-electron chi connectivity index (χ2n) is 9.29. The second-order valence-corrected chi connectivity index (χ2v) is 11.3. The zero-order valence-corrected chi connectivity index (χ0v) is 19.6. The number of rotatable bonds is 7. The average Bonchev–Trinajstić information content (AvgIpc) is 3.58. The Bertz CT molecular complexity index is 1460. The van der Waals surface area contributed by atoms with Crippen LogP contribution in [0.3, 0.4) is 0 Å². The summed E-state index contributed by atoms with van der Waals surface area (Å²) < 4.78 is 140. The molecule has 2 fully saturated rings. The van der Waals surface area contributed by atoms with E-state index in [-0.39, 0.29) is 29.3 Å². The minimum atomic E-state index is -5.06. The van der Waals surface area contributed by atoms with E-state index >= 15 is 4.39 Å². The summed E-state index contributed by atoms with van der Waals surface area (Å²) in [6, 6.07) is -0.573. The van der Waals surface area contributed by atoms with Crippen molar-refractivity contribution in [1.82, 2.24) is 14.3 Å². The fraction of sp³-hybridized carbons (Fsp3) is 0.435. The molecular weight excluding hydrogens is 534 g/mol. The first-order valence-corrected chi connectivity index (χ1v) is 12.8. The Hall–Kier alpha value is -2.74. The van der Waals surface area contributed by atoms with Crippen molar-refractivity contribution in [3.8, 4) is 11.1 Å². The van der Waals surface area contributed by atoms with Crippen molar-refractivity contribution in [3.05, 3.63) is 53.5 Å². The first kappa shape index (κ1) is 25.9. The standard InChI is InChI=1S/C23H19F8N3O2S/c24-10-3-12(4-10)34-9-17(20(22(27)28)33-37(35,36)13-1-2-13)15-6-18(26)14(7-19(15)34)16-5-11(25)8-32-21(16)23(29,30)31/h5-10,12-13,20,22,33H,1-4H2/t10?,12?,20-/m0/s1. The molecule has 200 valence electrons. The zero-order chi connectivity index (χ0) is 26.9. The third-order valence-corrected chi connectivity index (χ3v) is 8.59. The molecule has 3 aromatic rings. The van der Waals surface area contributed by atoms with Crippen molar-refractivity contribution in [2.75, 3.05) is 0 Å². The van der Waals surface area contributed by atoms with E-state index in [1.807, 2.05) is 4.72 Å². The molecule has 2 aromatic heterocycles. The molecule has 1 atom stereocenters. The SMILES string of the molecule is O=S(=O)(N[C@@H](c1cn(C2CC(F)C2)c2cc(-c3cc(F)cnc3C(F)(F)F)c(F)cc12)C(F)F)C1CC1. The quantitative estimate of drug-likeness (QED) is 0.362. The van der Waals surface area contributed by atoms with Crippen molar-refractivity contribution < 1.29 is 43.5 Å². The van der Waals surface area contributed by atoms with Gasteiger partial charge < -0.3 is 4.57 Å². The molecule has 1 N–H and O–H groups in total. The van der Waals surface area contributed by atoms with Gasteiger partial charge in [-0.05, 0) is 43.9 Å². The first-order chi connectivity index (χ1) is 17.3. The van der Waals surface area contributed by atoms with Crippen LogP contribution < -0.4 is 4.72 Å². The molecule has 0 spiro atoms. The van der Waals surface area contributed by atoms with Crippen LogP contribution in [0.25, 0.3) is 22.0 Å². The van der Waals surface area contributed by atoms with Gasteiger partial charge in [0.05, 0.1) is 11.4 Å². The number of alkyl halides is 6. The van der Waals surface area contributed by atoms with Gasteiger partial charge in [-0.15, -0.1) is 0 Å². The van der Waals surface area contributed by atoms with E-state index in [2.05, 4.69) is 4.98 Å². The van der Waals surface area contributed by atoms with Gasteiger partial charge in [-0.1, -0.05) is 0 Å². The number of benzene rings is 1. The molecule has 5 nitrogen and oxygen atoms in total. The van der Waals surface area contributed by atoms with Gasteiger partial charge in [0.2, 0.25) is 10.0 Å². The Morgan fingerprint density at radius 2 is 1.73 bits per heavy atom. The van der Waals surface area contributed by atoms with Crippen LogP contribution >= 0.6 is 0 Å². The molecule has 2 saturated carbocycles. The summed E-state index contributed by atoms with van der Waals surface area (Å²) in [4.78, 5) is 3.06. The van der Waals surface area contributed by atoms with Gasteiger partial charge in [-0.3, -0.25) is 0 Å². The Morgan fingerprint density at radius 3 is 2.30 bits per heavy atom. The van der Waals surface area contributed by atoms with Crippen molar-refractivity contribution in [2.24, 2.45) is 0 Å². The number of fused-ring (bicyclic) bond motifs is 1. The van der Waals surface area contributed by atoms with Crippen LogP contribution in [0, 0.1) is 11.6 Å². The van der Waals surface area contributed by atoms with Crippen LogP contribution in [0.4, 0.5) is 35.1 Å². The molecule has 5 rings (SSSR count). The lowest BCUT2D eigenvalue weighted by Gasteiger charge is -2.31. The highest BCUT2D eigenvalue weighted by molar-refractivity contribution is 7.90. The van der Waals surface area contributed by atoms with Crippen molar-refractivity contribution in [2.45, 2.75) is 61.8 Å². The maximum Gasteiger partial charge on any atom is 0.433 e. The predicted octanol–water partition coefficient (Wildman–Crippen LogP) is 6.06. The van der Waals surface area contributed by atoms with Gasteiger partial charge >= 0.3 is 6.18 Å². The van der Waals surface area contributed by atoms with E-state index in [9.17, 15) is 39.2 Å². The number of hydrogen-bond donors (Lipinski definition) is 1. The normalized spacial score (nSPS) is 21.4. The van der Waals surface area contributed by atoms with Crippen LogP contribution in [0.15, 0.2) is 30.6 Å². The van der Waals surface area contributed by atoms with Gasteiger partial charge in [0.15, 0.2) is 5.69 Å². The monoisotopic (exact) mass is 553 g/mol. The largest absolute Gasteiger partial charge is 0.433 e. The molecule has 0 amide bonds. The maximum atomic E-state index is 15.3. The molecule has 2 aliphatic carbocycles. The summed E-state index contributed by atoms with van der Waals surface area (Å²) >= 11 is 0. The van der Waals surface area contributed by atoms with Crippen molar-refractivity contribution >= 4 is 20.9 Å². The van der Waals surface area contributed by atoms with E-state index in [0.717, 1.165) is 12.3 Å². The smallest absolute Gasteiger partial charge is 0.344 e. The van der Waals surface area contributed by atoms with Gasteiger partial charge in [-0.2, -0.15) is 13.2 Å². The predicted molar refractivity (Wildman–Crippen MR) is 117 cm³/mol. The lowest BCUT2D eigenvalue weighted by atomic mass is 9.90. The minimum Gasteiger partial charge on any atom is -0.344 e. The lowest BCUT2D eigenvalue weighted by molar-refractivity contribution is -0.140. The third-order valence-electron chi connectivity index (χ3n) is 6.66. The highest BCUT2D eigenvalue weighted by atomic mass is 32.2. The summed E-state index contributed by atoms with van der Waals surface area (Å²) in [5.74, 6) is -2.45. The Labute approximate surface area is 205 Å². The summed E-state index contributed by atoms with van der Waals surface area (Å²) in [7, 11) is -4.12. The molecule has 0 aliphatic heterocycles. The van der Waals surface area contributed by atoms with Crippen LogP contribution in [0.2, 0.25) is 0 Å². The molecule has 0 bridgehead atoms. The molecule has 2 heterocycles. The van der Waals surface area contributed by atoms with E-state index < -0.39 is 74.6 Å². The molecule has 1 aromatic carbocycles. The number of sulfonamides is 1. The average molecular weight is 553 g/mol. The number of nitrogens with one attached hydrogen (secondary N) is 1. The third kappa shape index (κ3) is 4.80. The highest BCUT2D eigenvalue weighted by Crippen LogP contribution is 2.44. The number of pyridine rings is 1. The van der Waals surface area contributed by atoms with Gasteiger partial charge in [0, 0.05) is 39.8 Å². The number of nitrogens with zero attached hydrogens (tertiary/aromatic N) is 2. The summed E-state index contributed by atoms with van der Waals surface area (Å²) in [6.45, 7) is 0. The second kappa shape index (κ2) is 8.93. The fourth-order valence-electron chi connectivity index (χ4n) is 4.57. The van der Waals surface area contributed by atoms with Crippen LogP contribution in [-0.2, 0) is 16.2 Å². The Balaban J connectivity index is 1.71. The van der Waals surface area contributed by atoms with E-state index in [1.165, 1.54) is 4.57 Å². The van der Waals surface area contributed by atoms with Gasteiger partial charge in [-0.25, -0.2) is 40.1 Å². The molecule has 2 aliphatic rings. The van der Waals surface area contributed by atoms with Crippen LogP contribution in [-0.4, -0.2) is 35.8 Å². The maximum absolute atomic E-state index is 15.3. The minimum absolute atomic E-state index is 0.0294. The number of halogens is 8. The van der Waals surface area contributed by atoms with Crippen molar-refractivity contribution in [1.29, 1.82) is 0 Å². The molecule has 37 heavy (non-hydrogen) atoms. The summed E-state index contributed by atoms with van der Waals surface area (Å²) in [6.07, 6.45) is -7.50. The fourth-order valence-corrected chi connectivity index (χ4v) is 6.11. The molecule has 0 unspecified atom stereocenters. The number of hydrogen-bond acceptors (Lipinski definition) is 3. The van der Waals surface area contributed by atoms with Crippen molar-refractivity contribution in [3.63, 3.8) is 0 Å². The van der Waals surface area contributed by atoms with E-state index in [0.29, 0.717) is 31.2 Å². The molecular formula is C23H19F8N3O2S. The molecule has 0 saturated heterocycles. The molecule has 0 radical (unpaired) electrons. The highest BCUT2D eigenvalue weighted by Gasteiger charge is 2.41. The van der Waals surface area contributed by atoms with E-state index in [4.69, 9.17) is 0 Å². The molecule has 14 heteroatoms. The Morgan fingerprint density at radius 1 is 1.05 bits per heavy atom. The number of aromatic nitrogens is 2. The summed E-state index contributed by atoms with van der Waals surface area (Å²) in [5, 5.41) is -1.02. The van der Waals surface area contributed by atoms with Gasteiger partial charge in [0.25, 0.3) is 6.43 Å². The van der Waals surface area contributed by atoms with Gasteiger partial charge in [0.1, 0.15) is 23.8 Å². The van der Waals surface area contributed by atoms with E-state index in [1.54, 1.807) is 0 Å².